The van der Waals surface area contributed by atoms with Crippen molar-refractivity contribution in [2.45, 2.75) is 32.9 Å². The van der Waals surface area contributed by atoms with Gasteiger partial charge in [-0.3, -0.25) is 0 Å². The van der Waals surface area contributed by atoms with Crippen molar-refractivity contribution in [1.82, 2.24) is 10.6 Å². The Bertz CT molecular complexity index is 139. The molecular formula is C9H18N2. The van der Waals surface area contributed by atoms with E-state index in [0.717, 1.165) is 18.0 Å². The molecule has 2 N–H and O–H groups in total. The van der Waals surface area contributed by atoms with E-state index in [1.54, 1.807) is 0 Å². The molecule has 0 aliphatic carbocycles. The molecule has 0 aromatic heterocycles. The highest BCUT2D eigenvalue weighted by molar-refractivity contribution is 5.06. The van der Waals surface area contributed by atoms with E-state index in [9.17, 15) is 0 Å². The van der Waals surface area contributed by atoms with Crippen LogP contribution in [0.15, 0.2) is 0 Å². The Hall–Kier alpha value is -0.0800. The lowest BCUT2D eigenvalue weighted by Gasteiger charge is -2.29. The van der Waals surface area contributed by atoms with Crippen LogP contribution in [0.25, 0.3) is 0 Å². The molecule has 0 radical (unpaired) electrons. The van der Waals surface area contributed by atoms with E-state index in [2.05, 4.69) is 31.4 Å². The minimum absolute atomic E-state index is 0.461. The summed E-state index contributed by atoms with van der Waals surface area (Å²) >= 11 is 0. The maximum absolute atomic E-state index is 3.55. The third kappa shape index (κ3) is 1.09. The molecule has 0 spiro atoms. The van der Waals surface area contributed by atoms with Gasteiger partial charge in [0.05, 0.1) is 0 Å². The summed E-state index contributed by atoms with van der Waals surface area (Å²) < 4.78 is 0. The molecule has 0 unspecified atom stereocenters. The van der Waals surface area contributed by atoms with Crippen molar-refractivity contribution in [2.75, 3.05) is 13.1 Å². The highest BCUT2D eigenvalue weighted by Gasteiger charge is 2.46. The van der Waals surface area contributed by atoms with Crippen LogP contribution in [0, 0.1) is 11.3 Å². The van der Waals surface area contributed by atoms with Gasteiger partial charge in [0.15, 0.2) is 0 Å². The Morgan fingerprint density at radius 3 is 1.64 bits per heavy atom. The summed E-state index contributed by atoms with van der Waals surface area (Å²) in [6.07, 6.45) is 0. The molecule has 2 atom stereocenters. The van der Waals surface area contributed by atoms with Crippen molar-refractivity contribution >= 4 is 0 Å². The Morgan fingerprint density at radius 2 is 1.45 bits per heavy atom. The van der Waals surface area contributed by atoms with Gasteiger partial charge in [0.2, 0.25) is 0 Å². The predicted octanol–water partition coefficient (Wildman–Crippen LogP) is 0.592. The van der Waals surface area contributed by atoms with Crippen LogP contribution >= 0.6 is 0 Å². The molecule has 0 saturated carbocycles. The smallest absolute Gasteiger partial charge is 0.0241 e. The third-order valence-electron chi connectivity index (χ3n) is 3.07. The molecule has 2 saturated heterocycles. The average molecular weight is 154 g/mol. The molecule has 2 rings (SSSR count). The lowest BCUT2D eigenvalue weighted by molar-refractivity contribution is 0.232. The molecule has 2 heteroatoms. The minimum Gasteiger partial charge on any atom is -0.311 e. The van der Waals surface area contributed by atoms with E-state index < -0.39 is 0 Å². The molecule has 0 amide bonds. The van der Waals surface area contributed by atoms with Crippen LogP contribution < -0.4 is 10.6 Å². The second-order valence-electron chi connectivity index (χ2n) is 4.92. The van der Waals surface area contributed by atoms with Crippen LogP contribution in [-0.2, 0) is 0 Å². The monoisotopic (exact) mass is 154 g/mol. The van der Waals surface area contributed by atoms with E-state index in [4.69, 9.17) is 0 Å². The van der Waals surface area contributed by atoms with Crippen molar-refractivity contribution in [3.63, 3.8) is 0 Å². The Kier molecular flexibility index (Phi) is 1.52. The van der Waals surface area contributed by atoms with Gasteiger partial charge in [-0.15, -0.1) is 0 Å². The summed E-state index contributed by atoms with van der Waals surface area (Å²) in [5.41, 5.74) is 0.461. The van der Waals surface area contributed by atoms with E-state index in [1.807, 2.05) is 0 Å². The molecule has 2 heterocycles. The lowest BCUT2D eigenvalue weighted by Crippen LogP contribution is -2.39. The number of piperazine rings is 1. The Morgan fingerprint density at radius 1 is 1.00 bits per heavy atom. The van der Waals surface area contributed by atoms with Crippen molar-refractivity contribution in [3.8, 4) is 0 Å². The van der Waals surface area contributed by atoms with Crippen molar-refractivity contribution < 1.29 is 0 Å². The van der Waals surface area contributed by atoms with E-state index in [0.29, 0.717) is 5.41 Å². The third-order valence-corrected chi connectivity index (χ3v) is 3.07. The van der Waals surface area contributed by atoms with Gasteiger partial charge >= 0.3 is 0 Å². The zero-order valence-electron chi connectivity index (χ0n) is 7.65. The van der Waals surface area contributed by atoms with Crippen LogP contribution in [0.3, 0.4) is 0 Å². The van der Waals surface area contributed by atoms with Crippen LogP contribution in [0.1, 0.15) is 20.8 Å². The number of fused-ring (bicyclic) bond motifs is 2. The van der Waals surface area contributed by atoms with Crippen LogP contribution in [0.4, 0.5) is 0 Å². The minimum atomic E-state index is 0.461. The van der Waals surface area contributed by atoms with Crippen molar-refractivity contribution in [1.29, 1.82) is 0 Å². The highest BCUT2D eigenvalue weighted by atomic mass is 15.2. The maximum Gasteiger partial charge on any atom is 0.0241 e. The van der Waals surface area contributed by atoms with Gasteiger partial charge in [-0.1, -0.05) is 20.8 Å². The Labute approximate surface area is 68.7 Å². The van der Waals surface area contributed by atoms with Gasteiger partial charge < -0.3 is 10.6 Å². The number of nitrogens with one attached hydrogen (secondary N) is 2. The van der Waals surface area contributed by atoms with E-state index >= 15 is 0 Å². The molecule has 2 nitrogen and oxygen atoms in total. The topological polar surface area (TPSA) is 24.1 Å². The van der Waals surface area contributed by atoms with Gasteiger partial charge in [-0.2, -0.15) is 0 Å². The molecule has 0 aromatic carbocycles. The number of hydrogen-bond acceptors (Lipinski definition) is 2. The van der Waals surface area contributed by atoms with Crippen LogP contribution in [0.2, 0.25) is 0 Å². The van der Waals surface area contributed by atoms with Gasteiger partial charge in [-0.05, 0) is 11.3 Å². The van der Waals surface area contributed by atoms with E-state index in [1.165, 1.54) is 13.1 Å². The summed E-state index contributed by atoms with van der Waals surface area (Å²) in [5.74, 6) is 0.836. The first-order valence-electron chi connectivity index (χ1n) is 4.56. The summed E-state index contributed by atoms with van der Waals surface area (Å²) in [4.78, 5) is 0. The first kappa shape index (κ1) is 7.56. The maximum atomic E-state index is 3.55. The fourth-order valence-corrected chi connectivity index (χ4v) is 2.70. The quantitative estimate of drug-likeness (QED) is 0.533. The molecule has 2 aliphatic rings. The SMILES string of the molecule is CC(C)(C)C1[C@H]2CN[C@@H]1CN2. The first-order chi connectivity index (χ1) is 5.09. The first-order valence-corrected chi connectivity index (χ1v) is 4.56. The normalized spacial score (nSPS) is 43.4. The van der Waals surface area contributed by atoms with Crippen molar-refractivity contribution in [2.24, 2.45) is 11.3 Å². The van der Waals surface area contributed by atoms with E-state index in [-0.39, 0.29) is 0 Å². The fourth-order valence-electron chi connectivity index (χ4n) is 2.70. The highest BCUT2D eigenvalue weighted by Crippen LogP contribution is 2.37. The van der Waals surface area contributed by atoms with Gasteiger partial charge in [0.25, 0.3) is 0 Å². The summed E-state index contributed by atoms with van der Waals surface area (Å²) in [6, 6.07) is 1.47. The van der Waals surface area contributed by atoms with Crippen LogP contribution in [0.5, 0.6) is 0 Å². The average Bonchev–Trinajstić information content (AvgIpc) is 2.40. The summed E-state index contributed by atoms with van der Waals surface area (Å²) in [7, 11) is 0. The number of hydrogen-bond donors (Lipinski definition) is 2. The van der Waals surface area contributed by atoms with Crippen LogP contribution in [-0.4, -0.2) is 25.2 Å². The van der Waals surface area contributed by atoms with Gasteiger partial charge in [0, 0.05) is 25.2 Å². The Balaban J connectivity index is 2.16. The molecular weight excluding hydrogens is 136 g/mol. The van der Waals surface area contributed by atoms with Gasteiger partial charge in [-0.25, -0.2) is 0 Å². The molecule has 2 aliphatic heterocycles. The zero-order valence-corrected chi connectivity index (χ0v) is 7.65. The molecule has 2 fully saturated rings. The second-order valence-corrected chi connectivity index (χ2v) is 4.92. The molecule has 11 heavy (non-hydrogen) atoms. The standard InChI is InChI=1S/C9H18N2/c1-9(2,3)8-6-4-10-7(8)5-11-6/h6-8,10-11H,4-5H2,1-3H3/t6-,7-/m1/s1. The van der Waals surface area contributed by atoms with Crippen molar-refractivity contribution in [3.05, 3.63) is 0 Å². The van der Waals surface area contributed by atoms with Gasteiger partial charge in [0.1, 0.15) is 0 Å². The molecule has 2 bridgehead atoms. The number of rotatable bonds is 0. The largest absolute Gasteiger partial charge is 0.311 e. The summed E-state index contributed by atoms with van der Waals surface area (Å²) in [5, 5.41) is 7.10. The molecule has 0 aromatic rings. The molecule has 64 valence electrons. The predicted molar refractivity (Wildman–Crippen MR) is 46.5 cm³/mol. The second kappa shape index (κ2) is 2.20. The zero-order chi connectivity index (χ0) is 8.06. The summed E-state index contributed by atoms with van der Waals surface area (Å²) in [6.45, 7) is 9.38. The lowest BCUT2D eigenvalue weighted by atomic mass is 9.76. The fraction of sp³-hybridized carbons (Fsp3) is 1.00.